The molecule has 18 heavy (non-hydrogen) atoms. The van der Waals surface area contributed by atoms with Gasteiger partial charge < -0.3 is 10.3 Å². The molecule has 3 rings (SSSR count). The second-order valence-electron chi connectivity index (χ2n) is 4.30. The van der Waals surface area contributed by atoms with Crippen LogP contribution in [0, 0.1) is 0 Å². The summed E-state index contributed by atoms with van der Waals surface area (Å²) in [7, 11) is 1.95. The molecule has 2 aromatic carbocycles. The fraction of sp³-hybridized carbons (Fsp3) is 0.0714. The number of aryl methyl sites for hydroxylation is 1. The predicted molar refractivity (Wildman–Crippen MR) is 75.6 cm³/mol. The Labute approximate surface area is 110 Å². The summed E-state index contributed by atoms with van der Waals surface area (Å²) in [6.45, 7) is 0. The van der Waals surface area contributed by atoms with Gasteiger partial charge in [0.1, 0.15) is 0 Å². The Morgan fingerprint density at radius 2 is 2.06 bits per heavy atom. The summed E-state index contributed by atoms with van der Waals surface area (Å²) in [4.78, 5) is 4.34. The summed E-state index contributed by atoms with van der Waals surface area (Å²) in [5.74, 6) is 0. The van der Waals surface area contributed by atoms with E-state index < -0.39 is 0 Å². The van der Waals surface area contributed by atoms with Gasteiger partial charge in [0.05, 0.1) is 22.4 Å². The van der Waals surface area contributed by atoms with Crippen LogP contribution in [0.2, 0.25) is 5.02 Å². The van der Waals surface area contributed by atoms with E-state index in [0.717, 1.165) is 27.8 Å². The summed E-state index contributed by atoms with van der Waals surface area (Å²) in [5.41, 5.74) is 10.4. The lowest BCUT2D eigenvalue weighted by molar-refractivity contribution is 0.948. The first-order valence-corrected chi connectivity index (χ1v) is 5.99. The largest absolute Gasteiger partial charge is 0.399 e. The van der Waals surface area contributed by atoms with Crippen LogP contribution in [0.1, 0.15) is 0 Å². The van der Waals surface area contributed by atoms with Gasteiger partial charge >= 0.3 is 0 Å². The van der Waals surface area contributed by atoms with Crippen LogP contribution in [0.3, 0.4) is 0 Å². The molecule has 3 nitrogen and oxygen atoms in total. The predicted octanol–water partition coefficient (Wildman–Crippen LogP) is 3.48. The number of anilines is 1. The van der Waals surface area contributed by atoms with E-state index in [1.165, 1.54) is 0 Å². The van der Waals surface area contributed by atoms with E-state index in [9.17, 15) is 0 Å². The molecule has 1 aromatic heterocycles. The molecular weight excluding hydrogens is 246 g/mol. The van der Waals surface area contributed by atoms with E-state index in [0.29, 0.717) is 5.02 Å². The zero-order valence-corrected chi connectivity index (χ0v) is 10.6. The molecule has 0 aliphatic carbocycles. The highest BCUT2D eigenvalue weighted by Crippen LogP contribution is 2.32. The van der Waals surface area contributed by atoms with Crippen molar-refractivity contribution in [2.75, 3.05) is 5.73 Å². The van der Waals surface area contributed by atoms with Crippen LogP contribution in [0.15, 0.2) is 42.7 Å². The molecule has 4 heteroatoms. The van der Waals surface area contributed by atoms with E-state index in [2.05, 4.69) is 4.98 Å². The molecule has 0 aliphatic rings. The topological polar surface area (TPSA) is 43.8 Å². The molecule has 1 heterocycles. The summed E-state index contributed by atoms with van der Waals surface area (Å²) in [6, 6.07) is 11.6. The first kappa shape index (κ1) is 11.1. The van der Waals surface area contributed by atoms with Crippen molar-refractivity contribution in [3.05, 3.63) is 47.7 Å². The molecule has 0 saturated heterocycles. The van der Waals surface area contributed by atoms with Gasteiger partial charge in [-0.2, -0.15) is 0 Å². The monoisotopic (exact) mass is 257 g/mol. The molecule has 3 aromatic rings. The number of hydrogen-bond donors (Lipinski definition) is 1. The van der Waals surface area contributed by atoms with Crippen LogP contribution in [0.25, 0.3) is 22.2 Å². The van der Waals surface area contributed by atoms with Gasteiger partial charge in [0, 0.05) is 18.3 Å². The molecule has 0 radical (unpaired) electrons. The minimum absolute atomic E-state index is 0.705. The van der Waals surface area contributed by atoms with Gasteiger partial charge in [-0.1, -0.05) is 23.7 Å². The Balaban J connectivity index is 2.26. The third-order valence-electron chi connectivity index (χ3n) is 3.01. The van der Waals surface area contributed by atoms with E-state index in [4.69, 9.17) is 17.3 Å². The number of nitrogen functional groups attached to an aromatic ring is 1. The molecule has 0 amide bonds. The van der Waals surface area contributed by atoms with Crippen molar-refractivity contribution in [3.63, 3.8) is 0 Å². The zero-order valence-electron chi connectivity index (χ0n) is 9.89. The van der Waals surface area contributed by atoms with Crippen molar-refractivity contribution in [2.45, 2.75) is 0 Å². The summed E-state index contributed by atoms with van der Waals surface area (Å²) in [6.07, 6.45) is 1.78. The number of fused-ring (bicyclic) bond motifs is 1. The van der Waals surface area contributed by atoms with Crippen LogP contribution in [0.5, 0.6) is 0 Å². The first-order chi connectivity index (χ1) is 8.65. The van der Waals surface area contributed by atoms with Crippen molar-refractivity contribution in [1.82, 2.24) is 9.55 Å². The number of aromatic nitrogens is 2. The number of halogens is 1. The highest BCUT2D eigenvalue weighted by Gasteiger charge is 2.08. The van der Waals surface area contributed by atoms with Crippen molar-refractivity contribution < 1.29 is 0 Å². The minimum Gasteiger partial charge on any atom is -0.399 e. The molecule has 90 valence electrons. The Hall–Kier alpha value is -2.00. The van der Waals surface area contributed by atoms with Gasteiger partial charge in [-0.05, 0) is 29.8 Å². The van der Waals surface area contributed by atoms with Gasteiger partial charge in [-0.25, -0.2) is 4.98 Å². The third kappa shape index (κ3) is 1.73. The van der Waals surface area contributed by atoms with Crippen LogP contribution < -0.4 is 5.73 Å². The maximum absolute atomic E-state index is 6.34. The van der Waals surface area contributed by atoms with Crippen molar-refractivity contribution in [1.29, 1.82) is 0 Å². The molecule has 2 N–H and O–H groups in total. The van der Waals surface area contributed by atoms with Crippen molar-refractivity contribution >= 4 is 28.3 Å². The Morgan fingerprint density at radius 3 is 2.83 bits per heavy atom. The number of rotatable bonds is 1. The van der Waals surface area contributed by atoms with Gasteiger partial charge in [0.2, 0.25) is 0 Å². The van der Waals surface area contributed by atoms with Crippen LogP contribution in [-0.4, -0.2) is 9.55 Å². The minimum atomic E-state index is 0.705. The number of hydrogen-bond acceptors (Lipinski definition) is 2. The third-order valence-corrected chi connectivity index (χ3v) is 3.32. The SMILES string of the molecule is Cn1cnc2cc(-c3cccc(N)c3)c(Cl)cc21. The zero-order chi connectivity index (χ0) is 12.7. The standard InChI is InChI=1S/C14H12ClN3/c1-18-8-17-13-6-11(12(15)7-14(13)18)9-3-2-4-10(16)5-9/h2-8H,16H2,1H3. The number of nitrogens with two attached hydrogens (primary N) is 1. The maximum Gasteiger partial charge on any atom is 0.0955 e. The molecule has 0 saturated carbocycles. The Morgan fingerprint density at radius 1 is 1.22 bits per heavy atom. The van der Waals surface area contributed by atoms with E-state index in [-0.39, 0.29) is 0 Å². The molecule has 0 bridgehead atoms. The van der Waals surface area contributed by atoms with Crippen LogP contribution in [-0.2, 0) is 7.05 Å². The van der Waals surface area contributed by atoms with Gasteiger partial charge in [0.25, 0.3) is 0 Å². The second-order valence-corrected chi connectivity index (χ2v) is 4.71. The molecule has 0 fully saturated rings. The van der Waals surface area contributed by atoms with Crippen LogP contribution in [0.4, 0.5) is 5.69 Å². The molecule has 0 aliphatic heterocycles. The lowest BCUT2D eigenvalue weighted by Gasteiger charge is -2.06. The van der Waals surface area contributed by atoms with Gasteiger partial charge in [-0.15, -0.1) is 0 Å². The number of imidazole rings is 1. The highest BCUT2D eigenvalue weighted by molar-refractivity contribution is 6.34. The van der Waals surface area contributed by atoms with Crippen LogP contribution >= 0.6 is 11.6 Å². The highest BCUT2D eigenvalue weighted by atomic mass is 35.5. The lowest BCUT2D eigenvalue weighted by Crippen LogP contribution is -1.87. The average molecular weight is 258 g/mol. The summed E-state index contributed by atoms with van der Waals surface area (Å²) >= 11 is 6.34. The van der Waals surface area contributed by atoms with E-state index >= 15 is 0 Å². The van der Waals surface area contributed by atoms with Gasteiger partial charge in [-0.3, -0.25) is 0 Å². The second kappa shape index (κ2) is 4.03. The van der Waals surface area contributed by atoms with E-state index in [1.807, 2.05) is 48.0 Å². The smallest absolute Gasteiger partial charge is 0.0955 e. The summed E-state index contributed by atoms with van der Waals surface area (Å²) < 4.78 is 1.95. The normalized spacial score (nSPS) is 11.0. The van der Waals surface area contributed by atoms with E-state index in [1.54, 1.807) is 6.33 Å². The van der Waals surface area contributed by atoms with Gasteiger partial charge in [0.15, 0.2) is 0 Å². The average Bonchev–Trinajstić information content (AvgIpc) is 2.70. The Kier molecular flexibility index (Phi) is 2.49. The fourth-order valence-corrected chi connectivity index (χ4v) is 2.34. The first-order valence-electron chi connectivity index (χ1n) is 5.61. The molecular formula is C14H12ClN3. The maximum atomic E-state index is 6.34. The number of nitrogens with zero attached hydrogens (tertiary/aromatic N) is 2. The quantitative estimate of drug-likeness (QED) is 0.679. The lowest BCUT2D eigenvalue weighted by atomic mass is 10.0. The van der Waals surface area contributed by atoms with Crippen molar-refractivity contribution in [2.24, 2.45) is 7.05 Å². The number of benzene rings is 2. The Bertz CT molecular complexity index is 731. The molecule has 0 spiro atoms. The fourth-order valence-electron chi connectivity index (χ4n) is 2.08. The summed E-state index contributed by atoms with van der Waals surface area (Å²) in [5, 5.41) is 0.705. The molecule has 0 atom stereocenters. The molecule has 0 unspecified atom stereocenters. The van der Waals surface area contributed by atoms with Crippen molar-refractivity contribution in [3.8, 4) is 11.1 Å².